The molecule has 2 aromatic heterocycles. The van der Waals surface area contributed by atoms with Gasteiger partial charge in [-0.1, -0.05) is 72.0 Å². The molecule has 8 heteroatoms. The first-order chi connectivity index (χ1) is 15.1. The lowest BCUT2D eigenvalue weighted by Crippen LogP contribution is -2.12. The topological polar surface area (TPSA) is 94.3 Å². The van der Waals surface area contributed by atoms with Crippen LogP contribution in [0.25, 0.3) is 21.8 Å². The maximum Gasteiger partial charge on any atom is 0.358 e. The average molecular weight is 433 g/mol. The summed E-state index contributed by atoms with van der Waals surface area (Å²) in [4.78, 5) is 33.7. The third-order valence-electron chi connectivity index (χ3n) is 4.47. The van der Waals surface area contributed by atoms with E-state index >= 15 is 0 Å². The Bertz CT molecular complexity index is 1190. The van der Waals surface area contributed by atoms with Crippen LogP contribution in [-0.2, 0) is 16.0 Å². The number of aryl methyl sites for hydroxylation is 1. The van der Waals surface area contributed by atoms with Crippen molar-refractivity contribution in [3.63, 3.8) is 0 Å². The number of aromatic nitrogens is 2. The predicted molar refractivity (Wildman–Crippen MR) is 118 cm³/mol. The SMILES string of the molecule is COC(=O)c1nc(NC(=O)CCc2ncc(-c3ccccc3)o2)sc1-c1ccccc1. The maximum atomic E-state index is 12.4. The number of amides is 1. The van der Waals surface area contributed by atoms with Crippen molar-refractivity contribution in [3.8, 4) is 21.8 Å². The molecule has 2 aromatic carbocycles. The summed E-state index contributed by atoms with van der Waals surface area (Å²) in [5, 5.41) is 3.09. The minimum Gasteiger partial charge on any atom is -0.464 e. The van der Waals surface area contributed by atoms with Gasteiger partial charge in [-0.3, -0.25) is 4.79 Å². The highest BCUT2D eigenvalue weighted by Crippen LogP contribution is 2.33. The number of carbonyl (C=O) groups is 2. The number of hydrogen-bond acceptors (Lipinski definition) is 7. The van der Waals surface area contributed by atoms with E-state index in [1.165, 1.54) is 18.4 Å². The number of anilines is 1. The van der Waals surface area contributed by atoms with Crippen LogP contribution in [0.3, 0.4) is 0 Å². The van der Waals surface area contributed by atoms with Gasteiger partial charge < -0.3 is 14.5 Å². The number of nitrogens with zero attached hydrogens (tertiary/aromatic N) is 2. The number of thiazole rings is 1. The fourth-order valence-corrected chi connectivity index (χ4v) is 3.93. The van der Waals surface area contributed by atoms with Crippen molar-refractivity contribution in [1.29, 1.82) is 0 Å². The van der Waals surface area contributed by atoms with Crippen LogP contribution in [0.4, 0.5) is 5.13 Å². The van der Waals surface area contributed by atoms with Gasteiger partial charge in [0.1, 0.15) is 0 Å². The quantitative estimate of drug-likeness (QED) is 0.420. The van der Waals surface area contributed by atoms with Gasteiger partial charge in [-0.05, 0) is 5.56 Å². The number of esters is 1. The van der Waals surface area contributed by atoms with E-state index in [1.54, 1.807) is 6.20 Å². The summed E-state index contributed by atoms with van der Waals surface area (Å²) < 4.78 is 10.6. The molecule has 0 atom stereocenters. The summed E-state index contributed by atoms with van der Waals surface area (Å²) in [7, 11) is 1.30. The van der Waals surface area contributed by atoms with E-state index < -0.39 is 5.97 Å². The summed E-state index contributed by atoms with van der Waals surface area (Å²) in [6.45, 7) is 0. The monoisotopic (exact) mass is 433 g/mol. The molecule has 0 saturated heterocycles. The molecular weight excluding hydrogens is 414 g/mol. The maximum absolute atomic E-state index is 12.4. The molecule has 2 heterocycles. The van der Waals surface area contributed by atoms with Crippen molar-refractivity contribution in [2.45, 2.75) is 12.8 Å². The molecule has 0 radical (unpaired) electrons. The molecule has 0 aliphatic rings. The van der Waals surface area contributed by atoms with E-state index in [2.05, 4.69) is 15.3 Å². The summed E-state index contributed by atoms with van der Waals surface area (Å²) in [5.41, 5.74) is 1.93. The second-order valence-electron chi connectivity index (χ2n) is 6.59. The molecule has 31 heavy (non-hydrogen) atoms. The van der Waals surface area contributed by atoms with Gasteiger partial charge in [0.25, 0.3) is 0 Å². The van der Waals surface area contributed by atoms with Gasteiger partial charge in [0.2, 0.25) is 5.91 Å². The van der Waals surface area contributed by atoms with Crippen molar-refractivity contribution in [2.24, 2.45) is 0 Å². The van der Waals surface area contributed by atoms with Gasteiger partial charge in [-0.2, -0.15) is 0 Å². The average Bonchev–Trinajstić information content (AvgIpc) is 3.46. The van der Waals surface area contributed by atoms with Crippen LogP contribution in [0.15, 0.2) is 71.3 Å². The standard InChI is InChI=1S/C23H19N3O4S/c1-29-22(28)20-21(16-10-6-3-7-11-16)31-23(26-20)25-18(27)12-13-19-24-14-17(30-19)15-8-4-2-5-9-15/h2-11,14H,12-13H2,1H3,(H,25,26,27). The molecule has 0 aliphatic heterocycles. The Morgan fingerprint density at radius 2 is 1.71 bits per heavy atom. The van der Waals surface area contributed by atoms with Crippen LogP contribution in [0, 0.1) is 0 Å². The molecule has 156 valence electrons. The minimum atomic E-state index is -0.552. The van der Waals surface area contributed by atoms with Crippen LogP contribution in [0.2, 0.25) is 0 Å². The largest absolute Gasteiger partial charge is 0.464 e. The Labute approximate surface area is 182 Å². The number of oxazole rings is 1. The number of rotatable bonds is 7. The van der Waals surface area contributed by atoms with Gasteiger partial charge in [0.15, 0.2) is 22.5 Å². The zero-order chi connectivity index (χ0) is 21.6. The lowest BCUT2D eigenvalue weighted by atomic mass is 10.1. The number of methoxy groups -OCH3 is 1. The summed E-state index contributed by atoms with van der Waals surface area (Å²) in [5.74, 6) is 0.340. The Kier molecular flexibility index (Phi) is 6.18. The molecule has 0 saturated carbocycles. The molecule has 4 rings (SSSR count). The van der Waals surface area contributed by atoms with Crippen molar-refractivity contribution >= 4 is 28.3 Å². The van der Waals surface area contributed by atoms with Gasteiger partial charge >= 0.3 is 5.97 Å². The Morgan fingerprint density at radius 3 is 2.39 bits per heavy atom. The van der Waals surface area contributed by atoms with Gasteiger partial charge in [0.05, 0.1) is 18.2 Å². The summed E-state index contributed by atoms with van der Waals surface area (Å²) >= 11 is 1.22. The molecule has 7 nitrogen and oxygen atoms in total. The summed E-state index contributed by atoms with van der Waals surface area (Å²) in [6, 6.07) is 19.0. The lowest BCUT2D eigenvalue weighted by Gasteiger charge is -2.00. The number of hydrogen-bond donors (Lipinski definition) is 1. The first-order valence-corrected chi connectivity index (χ1v) is 10.4. The van der Waals surface area contributed by atoms with Crippen LogP contribution < -0.4 is 5.32 Å². The zero-order valence-corrected chi connectivity index (χ0v) is 17.5. The second-order valence-corrected chi connectivity index (χ2v) is 7.59. The third kappa shape index (κ3) is 4.87. The fourth-order valence-electron chi connectivity index (χ4n) is 2.96. The van der Waals surface area contributed by atoms with Crippen molar-refractivity contribution in [2.75, 3.05) is 12.4 Å². The molecule has 0 aliphatic carbocycles. The van der Waals surface area contributed by atoms with E-state index in [0.29, 0.717) is 28.1 Å². The van der Waals surface area contributed by atoms with E-state index in [-0.39, 0.29) is 18.0 Å². The number of nitrogens with one attached hydrogen (secondary N) is 1. The Morgan fingerprint density at radius 1 is 1.03 bits per heavy atom. The normalized spacial score (nSPS) is 10.6. The highest BCUT2D eigenvalue weighted by atomic mass is 32.1. The molecule has 4 aromatic rings. The van der Waals surface area contributed by atoms with E-state index in [0.717, 1.165) is 11.1 Å². The van der Waals surface area contributed by atoms with Crippen LogP contribution in [0.5, 0.6) is 0 Å². The first kappa shape index (κ1) is 20.5. The first-order valence-electron chi connectivity index (χ1n) is 9.58. The molecule has 1 amide bonds. The molecule has 0 bridgehead atoms. The fraction of sp³-hybridized carbons (Fsp3) is 0.130. The highest BCUT2D eigenvalue weighted by molar-refractivity contribution is 7.19. The Balaban J connectivity index is 1.42. The van der Waals surface area contributed by atoms with Crippen LogP contribution >= 0.6 is 11.3 Å². The predicted octanol–water partition coefficient (Wildman–Crippen LogP) is 4.82. The molecule has 0 spiro atoms. The van der Waals surface area contributed by atoms with Gasteiger partial charge in [-0.25, -0.2) is 14.8 Å². The van der Waals surface area contributed by atoms with Crippen molar-refractivity contribution < 1.29 is 18.7 Å². The molecular formula is C23H19N3O4S. The van der Waals surface area contributed by atoms with Crippen molar-refractivity contribution in [1.82, 2.24) is 9.97 Å². The Hall–Kier alpha value is -3.78. The van der Waals surface area contributed by atoms with Crippen molar-refractivity contribution in [3.05, 3.63) is 78.4 Å². The second kappa shape index (κ2) is 9.36. The lowest BCUT2D eigenvalue weighted by molar-refractivity contribution is -0.116. The number of ether oxygens (including phenoxy) is 1. The smallest absolute Gasteiger partial charge is 0.358 e. The van der Waals surface area contributed by atoms with E-state index in [1.807, 2.05) is 60.7 Å². The highest BCUT2D eigenvalue weighted by Gasteiger charge is 2.21. The number of benzene rings is 2. The van der Waals surface area contributed by atoms with Gasteiger partial charge in [0, 0.05) is 18.4 Å². The number of carbonyl (C=O) groups excluding carboxylic acids is 2. The van der Waals surface area contributed by atoms with Crippen LogP contribution in [0.1, 0.15) is 22.8 Å². The van der Waals surface area contributed by atoms with Gasteiger partial charge in [-0.15, -0.1) is 0 Å². The molecule has 0 fully saturated rings. The van der Waals surface area contributed by atoms with E-state index in [9.17, 15) is 9.59 Å². The zero-order valence-electron chi connectivity index (χ0n) is 16.7. The summed E-state index contributed by atoms with van der Waals surface area (Å²) in [6.07, 6.45) is 2.17. The minimum absolute atomic E-state index is 0.169. The molecule has 0 unspecified atom stereocenters. The van der Waals surface area contributed by atoms with E-state index in [4.69, 9.17) is 9.15 Å². The third-order valence-corrected chi connectivity index (χ3v) is 5.49. The molecule has 1 N–H and O–H groups in total. The van der Waals surface area contributed by atoms with Crippen LogP contribution in [-0.4, -0.2) is 29.0 Å².